The van der Waals surface area contributed by atoms with Gasteiger partial charge in [-0.1, -0.05) is 6.42 Å². The minimum absolute atomic E-state index is 0.0859. The number of rotatable bonds is 3. The van der Waals surface area contributed by atoms with E-state index in [-0.39, 0.29) is 5.91 Å². The quantitative estimate of drug-likeness (QED) is 0.799. The molecule has 2 aliphatic rings. The highest BCUT2D eigenvalue weighted by molar-refractivity contribution is 9.10. The summed E-state index contributed by atoms with van der Waals surface area (Å²) in [5.74, 6) is 2.61. The van der Waals surface area contributed by atoms with Gasteiger partial charge in [0, 0.05) is 19.8 Å². The molecule has 2 bridgehead atoms. The molecule has 0 saturated heterocycles. The summed E-state index contributed by atoms with van der Waals surface area (Å²) >= 11 is 3.29. The summed E-state index contributed by atoms with van der Waals surface area (Å²) in [5.41, 5.74) is 0.675. The summed E-state index contributed by atoms with van der Waals surface area (Å²) < 4.78 is 0.764. The molecule has 0 radical (unpaired) electrons. The van der Waals surface area contributed by atoms with E-state index in [0.29, 0.717) is 5.56 Å². The molecule has 19 heavy (non-hydrogen) atoms. The van der Waals surface area contributed by atoms with E-state index in [9.17, 15) is 4.79 Å². The predicted molar refractivity (Wildman–Crippen MR) is 77.8 cm³/mol. The second kappa shape index (κ2) is 5.23. The maximum Gasteiger partial charge on any atom is 0.255 e. The van der Waals surface area contributed by atoms with Gasteiger partial charge in [-0.2, -0.15) is 0 Å². The van der Waals surface area contributed by atoms with Crippen LogP contribution in [0.15, 0.2) is 22.9 Å². The lowest BCUT2D eigenvalue weighted by Crippen LogP contribution is -2.33. The Morgan fingerprint density at radius 1 is 1.42 bits per heavy atom. The maximum absolute atomic E-state index is 12.3. The summed E-state index contributed by atoms with van der Waals surface area (Å²) in [7, 11) is 1.91. The Morgan fingerprint density at radius 3 is 2.84 bits per heavy atom. The molecule has 1 amide bonds. The van der Waals surface area contributed by atoms with Crippen LogP contribution in [0.3, 0.4) is 0 Å². The molecule has 3 unspecified atom stereocenters. The van der Waals surface area contributed by atoms with Crippen molar-refractivity contribution in [3.8, 4) is 0 Å². The number of nitrogens with zero attached hydrogens (tertiary/aromatic N) is 2. The van der Waals surface area contributed by atoms with Crippen LogP contribution < -0.4 is 0 Å². The van der Waals surface area contributed by atoms with Gasteiger partial charge in [0.05, 0.1) is 5.56 Å². The molecule has 1 aromatic heterocycles. The van der Waals surface area contributed by atoms with Crippen molar-refractivity contribution in [1.29, 1.82) is 0 Å². The number of amides is 1. The third-order valence-electron chi connectivity index (χ3n) is 4.71. The predicted octanol–water partition coefficient (Wildman–Crippen LogP) is 3.35. The molecule has 3 nitrogen and oxygen atoms in total. The molecule has 3 rings (SSSR count). The lowest BCUT2D eigenvalue weighted by atomic mass is 9.88. The number of carbonyl (C=O) groups is 1. The molecule has 1 heterocycles. The van der Waals surface area contributed by atoms with Crippen LogP contribution in [0, 0.1) is 17.8 Å². The van der Waals surface area contributed by atoms with Crippen LogP contribution in [0.4, 0.5) is 0 Å². The van der Waals surface area contributed by atoms with Gasteiger partial charge in [-0.25, -0.2) is 4.98 Å². The number of aromatic nitrogens is 1. The maximum atomic E-state index is 12.3. The van der Waals surface area contributed by atoms with Crippen molar-refractivity contribution in [2.75, 3.05) is 13.6 Å². The fourth-order valence-electron chi connectivity index (χ4n) is 3.76. The van der Waals surface area contributed by atoms with E-state index in [1.54, 1.807) is 6.20 Å². The Balaban J connectivity index is 1.62. The molecule has 2 saturated carbocycles. The molecule has 3 atom stereocenters. The summed E-state index contributed by atoms with van der Waals surface area (Å²) in [4.78, 5) is 18.3. The first kappa shape index (κ1) is 13.1. The van der Waals surface area contributed by atoms with E-state index in [1.165, 1.54) is 25.7 Å². The zero-order chi connectivity index (χ0) is 13.4. The molecule has 2 aliphatic carbocycles. The standard InChI is InChI=1S/C15H19BrN2O/c1-18(9-13-7-10-2-3-11(13)6-10)15(19)12-4-5-14(16)17-8-12/h4-5,8,10-11,13H,2-3,6-7,9H2,1H3. The average Bonchev–Trinajstić information content (AvgIpc) is 3.01. The zero-order valence-corrected chi connectivity index (χ0v) is 12.8. The molecular weight excluding hydrogens is 304 g/mol. The second-order valence-electron chi connectivity index (χ2n) is 5.99. The normalized spacial score (nSPS) is 28.6. The summed E-state index contributed by atoms with van der Waals surface area (Å²) in [5, 5.41) is 0. The van der Waals surface area contributed by atoms with Crippen molar-refractivity contribution in [1.82, 2.24) is 9.88 Å². The van der Waals surface area contributed by atoms with Gasteiger partial charge >= 0.3 is 0 Å². The van der Waals surface area contributed by atoms with Crippen LogP contribution in [0.5, 0.6) is 0 Å². The van der Waals surface area contributed by atoms with E-state index in [0.717, 1.165) is 28.9 Å². The van der Waals surface area contributed by atoms with Crippen LogP contribution in [0.25, 0.3) is 0 Å². The lowest BCUT2D eigenvalue weighted by Gasteiger charge is -2.27. The zero-order valence-electron chi connectivity index (χ0n) is 11.2. The Labute approximate surface area is 122 Å². The van der Waals surface area contributed by atoms with Crippen molar-refractivity contribution in [3.63, 3.8) is 0 Å². The smallest absolute Gasteiger partial charge is 0.255 e. The van der Waals surface area contributed by atoms with E-state index in [2.05, 4.69) is 20.9 Å². The van der Waals surface area contributed by atoms with Gasteiger partial charge in [0.15, 0.2) is 0 Å². The summed E-state index contributed by atoms with van der Waals surface area (Å²) in [6.07, 6.45) is 7.14. The summed E-state index contributed by atoms with van der Waals surface area (Å²) in [6, 6.07) is 3.65. The van der Waals surface area contributed by atoms with Gasteiger partial charge in [0.1, 0.15) is 4.60 Å². The fraction of sp³-hybridized carbons (Fsp3) is 0.600. The number of fused-ring (bicyclic) bond motifs is 2. The number of halogens is 1. The Kier molecular flexibility index (Phi) is 3.61. The lowest BCUT2D eigenvalue weighted by molar-refractivity contribution is 0.0754. The minimum atomic E-state index is 0.0859. The first-order chi connectivity index (χ1) is 9.13. The summed E-state index contributed by atoms with van der Waals surface area (Å²) in [6.45, 7) is 0.899. The van der Waals surface area contributed by atoms with E-state index in [4.69, 9.17) is 0 Å². The van der Waals surface area contributed by atoms with E-state index in [1.807, 2.05) is 24.1 Å². The van der Waals surface area contributed by atoms with Gasteiger partial charge in [-0.3, -0.25) is 4.79 Å². The molecule has 0 N–H and O–H groups in total. The van der Waals surface area contributed by atoms with Crippen molar-refractivity contribution >= 4 is 21.8 Å². The van der Waals surface area contributed by atoms with Crippen molar-refractivity contribution < 1.29 is 4.79 Å². The third-order valence-corrected chi connectivity index (χ3v) is 5.18. The van der Waals surface area contributed by atoms with Crippen LogP contribution in [0.1, 0.15) is 36.0 Å². The van der Waals surface area contributed by atoms with Crippen LogP contribution in [-0.2, 0) is 0 Å². The second-order valence-corrected chi connectivity index (χ2v) is 6.80. The molecule has 102 valence electrons. The molecule has 0 aliphatic heterocycles. The first-order valence-electron chi connectivity index (χ1n) is 7.00. The Morgan fingerprint density at radius 2 is 2.26 bits per heavy atom. The minimum Gasteiger partial charge on any atom is -0.341 e. The molecule has 1 aromatic rings. The highest BCUT2D eigenvalue weighted by Gasteiger charge is 2.40. The number of carbonyl (C=O) groups excluding carboxylic acids is 1. The Bertz CT molecular complexity index is 474. The molecule has 4 heteroatoms. The van der Waals surface area contributed by atoms with Crippen molar-refractivity contribution in [2.45, 2.75) is 25.7 Å². The van der Waals surface area contributed by atoms with Gasteiger partial charge in [-0.15, -0.1) is 0 Å². The van der Waals surface area contributed by atoms with Crippen molar-refractivity contribution in [2.24, 2.45) is 17.8 Å². The van der Waals surface area contributed by atoms with E-state index < -0.39 is 0 Å². The highest BCUT2D eigenvalue weighted by atomic mass is 79.9. The Hall–Kier alpha value is -0.900. The largest absolute Gasteiger partial charge is 0.341 e. The molecule has 0 spiro atoms. The topological polar surface area (TPSA) is 33.2 Å². The van der Waals surface area contributed by atoms with Crippen LogP contribution in [-0.4, -0.2) is 29.4 Å². The molecule has 0 aromatic carbocycles. The molecule has 2 fully saturated rings. The van der Waals surface area contributed by atoms with Gasteiger partial charge < -0.3 is 4.90 Å². The number of hydrogen-bond acceptors (Lipinski definition) is 2. The van der Waals surface area contributed by atoms with Gasteiger partial charge in [0.25, 0.3) is 5.91 Å². The third kappa shape index (κ3) is 2.69. The van der Waals surface area contributed by atoms with E-state index >= 15 is 0 Å². The van der Waals surface area contributed by atoms with Crippen LogP contribution >= 0.6 is 15.9 Å². The monoisotopic (exact) mass is 322 g/mol. The first-order valence-corrected chi connectivity index (χ1v) is 7.80. The van der Waals surface area contributed by atoms with Gasteiger partial charge in [-0.05, 0) is 65.1 Å². The van der Waals surface area contributed by atoms with Crippen molar-refractivity contribution in [3.05, 3.63) is 28.5 Å². The fourth-order valence-corrected chi connectivity index (χ4v) is 3.99. The average molecular weight is 323 g/mol. The van der Waals surface area contributed by atoms with Gasteiger partial charge in [0.2, 0.25) is 0 Å². The molecular formula is C15H19BrN2O. The SMILES string of the molecule is CN(CC1CC2CCC1C2)C(=O)c1ccc(Br)nc1. The highest BCUT2D eigenvalue weighted by Crippen LogP contribution is 2.48. The van der Waals surface area contributed by atoms with Crippen LogP contribution in [0.2, 0.25) is 0 Å². The number of hydrogen-bond donors (Lipinski definition) is 0. The number of pyridine rings is 1.